The number of amides is 2. The monoisotopic (exact) mass is 509 g/mol. The van der Waals surface area contributed by atoms with E-state index in [2.05, 4.69) is 33.0 Å². The summed E-state index contributed by atoms with van der Waals surface area (Å²) < 4.78 is 38.2. The van der Waals surface area contributed by atoms with E-state index in [9.17, 15) is 22.8 Å². The topological polar surface area (TPSA) is 52.7 Å². The minimum atomic E-state index is -4.50. The summed E-state index contributed by atoms with van der Waals surface area (Å²) in [6.45, 7) is 0.362. The summed E-state index contributed by atoms with van der Waals surface area (Å²) in [5.41, 5.74) is 1.86. The Morgan fingerprint density at radius 1 is 1.09 bits per heavy atom. The van der Waals surface area contributed by atoms with Gasteiger partial charge in [-0.15, -0.1) is 0 Å². The van der Waals surface area contributed by atoms with E-state index in [-0.39, 0.29) is 5.91 Å². The highest BCUT2D eigenvalue weighted by molar-refractivity contribution is 9.10. The Bertz CT molecular complexity index is 1010. The Morgan fingerprint density at radius 2 is 1.78 bits per heavy atom. The fourth-order valence-electron chi connectivity index (χ4n) is 4.58. The highest BCUT2D eigenvalue weighted by Crippen LogP contribution is 2.48. The molecule has 9 heteroatoms. The van der Waals surface area contributed by atoms with Crippen LogP contribution < -0.4 is 10.2 Å². The third-order valence-electron chi connectivity index (χ3n) is 6.17. The summed E-state index contributed by atoms with van der Waals surface area (Å²) >= 11 is 3.46. The van der Waals surface area contributed by atoms with Gasteiger partial charge in [-0.3, -0.25) is 14.5 Å². The van der Waals surface area contributed by atoms with Crippen molar-refractivity contribution in [2.75, 3.05) is 31.1 Å². The minimum Gasteiger partial charge on any atom is -0.345 e. The van der Waals surface area contributed by atoms with Gasteiger partial charge in [0.1, 0.15) is 13.1 Å². The fraction of sp³-hybridized carbons (Fsp3) is 0.391. The first-order chi connectivity index (χ1) is 15.2. The highest BCUT2D eigenvalue weighted by atomic mass is 79.9. The standard InChI is InChI=1S/C23H23BrF3N3O2/c24-17-6-7-19-18(12-17)22(21(32)30(19)14-20(31)28-15-23(25,26)27)8-10-29(11-9-22)13-16-4-2-1-3-5-16/h1-7,12H,8-11,13-15H2,(H,28,31). The molecule has 170 valence electrons. The number of piperidine rings is 1. The van der Waals surface area contributed by atoms with Gasteiger partial charge in [0.25, 0.3) is 0 Å². The third-order valence-corrected chi connectivity index (χ3v) is 6.66. The molecular weight excluding hydrogens is 487 g/mol. The quantitative estimate of drug-likeness (QED) is 0.662. The molecule has 0 atom stereocenters. The van der Waals surface area contributed by atoms with Crippen molar-refractivity contribution in [3.8, 4) is 0 Å². The van der Waals surface area contributed by atoms with E-state index in [1.807, 2.05) is 29.6 Å². The molecule has 2 aliphatic heterocycles. The first-order valence-electron chi connectivity index (χ1n) is 10.4. The molecule has 0 aliphatic carbocycles. The van der Waals surface area contributed by atoms with Crippen molar-refractivity contribution in [3.63, 3.8) is 0 Å². The van der Waals surface area contributed by atoms with Crippen molar-refractivity contribution in [1.82, 2.24) is 10.2 Å². The van der Waals surface area contributed by atoms with Crippen LogP contribution >= 0.6 is 15.9 Å². The van der Waals surface area contributed by atoms with E-state index < -0.39 is 30.6 Å². The summed E-state index contributed by atoms with van der Waals surface area (Å²) in [7, 11) is 0. The smallest absolute Gasteiger partial charge is 0.345 e. The summed E-state index contributed by atoms with van der Waals surface area (Å²) in [4.78, 5) is 29.3. The summed E-state index contributed by atoms with van der Waals surface area (Å²) in [6, 6.07) is 15.5. The van der Waals surface area contributed by atoms with E-state index in [4.69, 9.17) is 0 Å². The molecule has 0 aromatic heterocycles. The molecule has 5 nitrogen and oxygen atoms in total. The number of halogens is 4. The number of benzene rings is 2. The van der Waals surface area contributed by atoms with E-state index in [0.29, 0.717) is 31.6 Å². The number of carbonyl (C=O) groups excluding carboxylic acids is 2. The van der Waals surface area contributed by atoms with Crippen LogP contribution in [0.2, 0.25) is 0 Å². The number of hydrogen-bond donors (Lipinski definition) is 1. The number of fused-ring (bicyclic) bond motifs is 2. The van der Waals surface area contributed by atoms with Crippen LogP contribution in [0.1, 0.15) is 24.0 Å². The molecule has 2 aromatic carbocycles. The molecule has 0 unspecified atom stereocenters. The Kier molecular flexibility index (Phi) is 6.31. The molecule has 32 heavy (non-hydrogen) atoms. The van der Waals surface area contributed by atoms with Crippen LogP contribution in [0.3, 0.4) is 0 Å². The molecule has 2 heterocycles. The maximum atomic E-state index is 13.5. The second-order valence-corrected chi connectivity index (χ2v) is 9.20. The van der Waals surface area contributed by atoms with Gasteiger partial charge in [-0.1, -0.05) is 46.3 Å². The molecule has 1 spiro atoms. The van der Waals surface area contributed by atoms with Crippen LogP contribution in [-0.4, -0.2) is 49.1 Å². The molecule has 0 bridgehead atoms. The maximum absolute atomic E-state index is 13.5. The van der Waals surface area contributed by atoms with Gasteiger partial charge in [0.2, 0.25) is 11.8 Å². The molecule has 2 aliphatic rings. The Morgan fingerprint density at radius 3 is 2.44 bits per heavy atom. The zero-order valence-electron chi connectivity index (χ0n) is 17.3. The average Bonchev–Trinajstić information content (AvgIpc) is 2.96. The predicted molar refractivity (Wildman–Crippen MR) is 118 cm³/mol. The van der Waals surface area contributed by atoms with E-state index in [1.165, 1.54) is 10.5 Å². The van der Waals surface area contributed by atoms with Crippen LogP contribution in [0.15, 0.2) is 53.0 Å². The highest BCUT2D eigenvalue weighted by Gasteiger charge is 2.52. The van der Waals surface area contributed by atoms with Gasteiger partial charge >= 0.3 is 6.18 Å². The second-order valence-electron chi connectivity index (χ2n) is 8.29. The van der Waals surface area contributed by atoms with E-state index >= 15 is 0 Å². The zero-order chi connectivity index (χ0) is 22.9. The molecule has 1 saturated heterocycles. The summed E-state index contributed by atoms with van der Waals surface area (Å²) in [6.07, 6.45) is -3.33. The van der Waals surface area contributed by atoms with Crippen LogP contribution in [0, 0.1) is 0 Å². The number of rotatable bonds is 5. The molecule has 2 amide bonds. The molecule has 1 fully saturated rings. The lowest BCUT2D eigenvalue weighted by atomic mass is 9.73. The predicted octanol–water partition coefficient (Wildman–Crippen LogP) is 4.01. The lowest BCUT2D eigenvalue weighted by Gasteiger charge is -2.38. The van der Waals surface area contributed by atoms with Gasteiger partial charge in [0.15, 0.2) is 0 Å². The van der Waals surface area contributed by atoms with Crippen molar-refractivity contribution in [1.29, 1.82) is 0 Å². The number of likely N-dealkylation sites (tertiary alicyclic amines) is 1. The molecule has 0 saturated carbocycles. The number of nitrogens with one attached hydrogen (secondary N) is 1. The SMILES string of the molecule is O=C(CN1C(=O)C2(CCN(Cc3ccccc3)CC2)c2cc(Br)ccc21)NCC(F)(F)F. The zero-order valence-corrected chi connectivity index (χ0v) is 18.9. The van der Waals surface area contributed by atoms with E-state index in [1.54, 1.807) is 12.1 Å². The Balaban J connectivity index is 1.52. The first-order valence-corrected chi connectivity index (χ1v) is 11.2. The number of alkyl halides is 3. The Hall–Kier alpha value is -2.39. The molecular formula is C23H23BrF3N3O2. The van der Waals surface area contributed by atoms with Crippen molar-refractivity contribution >= 4 is 33.4 Å². The lowest BCUT2D eigenvalue weighted by Crippen LogP contribution is -2.50. The number of anilines is 1. The molecule has 2 aromatic rings. The van der Waals surface area contributed by atoms with Gasteiger partial charge in [0.05, 0.1) is 5.41 Å². The van der Waals surface area contributed by atoms with Crippen LogP contribution in [0.5, 0.6) is 0 Å². The lowest BCUT2D eigenvalue weighted by molar-refractivity contribution is -0.138. The average molecular weight is 510 g/mol. The number of hydrogen-bond acceptors (Lipinski definition) is 3. The minimum absolute atomic E-state index is 0.216. The second kappa shape index (κ2) is 8.86. The fourth-order valence-corrected chi connectivity index (χ4v) is 4.94. The molecule has 4 rings (SSSR count). The molecule has 1 N–H and O–H groups in total. The normalized spacial score (nSPS) is 18.1. The van der Waals surface area contributed by atoms with Crippen molar-refractivity contribution < 1.29 is 22.8 Å². The van der Waals surface area contributed by atoms with Crippen molar-refractivity contribution in [2.45, 2.75) is 31.0 Å². The first kappa shape index (κ1) is 22.8. The van der Waals surface area contributed by atoms with Gasteiger partial charge < -0.3 is 10.2 Å². The van der Waals surface area contributed by atoms with Gasteiger partial charge in [-0.2, -0.15) is 13.2 Å². The number of nitrogens with zero attached hydrogens (tertiary/aromatic N) is 2. The van der Waals surface area contributed by atoms with E-state index in [0.717, 1.165) is 16.6 Å². The third kappa shape index (κ3) is 4.68. The largest absolute Gasteiger partial charge is 0.405 e. The van der Waals surface area contributed by atoms with Gasteiger partial charge in [-0.05, 0) is 55.3 Å². The van der Waals surface area contributed by atoms with Crippen molar-refractivity contribution in [2.24, 2.45) is 0 Å². The van der Waals surface area contributed by atoms with Crippen LogP contribution in [0.25, 0.3) is 0 Å². The van der Waals surface area contributed by atoms with Gasteiger partial charge in [0, 0.05) is 16.7 Å². The van der Waals surface area contributed by atoms with Crippen molar-refractivity contribution in [3.05, 3.63) is 64.1 Å². The van der Waals surface area contributed by atoms with Gasteiger partial charge in [-0.25, -0.2) is 0 Å². The van der Waals surface area contributed by atoms with Crippen LogP contribution in [-0.2, 0) is 21.5 Å². The van der Waals surface area contributed by atoms with Crippen LogP contribution in [0.4, 0.5) is 18.9 Å². The molecule has 0 radical (unpaired) electrons. The Labute approximate surface area is 192 Å². The maximum Gasteiger partial charge on any atom is 0.405 e. The number of carbonyl (C=O) groups is 2. The summed E-state index contributed by atoms with van der Waals surface area (Å²) in [5.74, 6) is -1.05. The summed E-state index contributed by atoms with van der Waals surface area (Å²) in [5, 5.41) is 1.86.